The number of rotatable bonds is 4. The van der Waals surface area contributed by atoms with Gasteiger partial charge in [0.25, 0.3) is 5.69 Å². The van der Waals surface area contributed by atoms with E-state index in [0.29, 0.717) is 12.0 Å². The number of nitro benzene ring substituents is 1. The van der Waals surface area contributed by atoms with Crippen molar-refractivity contribution in [3.8, 4) is 0 Å². The molecule has 3 N–H and O–H groups in total. The Morgan fingerprint density at radius 1 is 1.59 bits per heavy atom. The Bertz CT molecular complexity index is 436. The summed E-state index contributed by atoms with van der Waals surface area (Å²) in [5.74, 6) is -1.32. The van der Waals surface area contributed by atoms with Crippen LogP contribution >= 0.6 is 12.4 Å². The number of nitrogens with two attached hydrogens (primary N) is 1. The van der Waals surface area contributed by atoms with Gasteiger partial charge in [-0.3, -0.25) is 10.1 Å². The van der Waals surface area contributed by atoms with Crippen LogP contribution in [0.5, 0.6) is 0 Å². The minimum Gasteiger partial charge on any atom is -0.477 e. The minimum absolute atomic E-state index is 0. The second-order valence-electron chi connectivity index (χ2n) is 3.35. The van der Waals surface area contributed by atoms with E-state index in [-0.39, 0.29) is 24.0 Å². The molecule has 1 aromatic rings. The molecule has 0 fully saturated rings. The predicted octanol–water partition coefficient (Wildman–Crippen LogP) is 2.12. The van der Waals surface area contributed by atoms with E-state index in [2.05, 4.69) is 0 Å². The number of benzene rings is 1. The number of hydrogen-bond donors (Lipinski definition) is 2. The number of aromatic carboxylic acids is 1. The summed E-state index contributed by atoms with van der Waals surface area (Å²) in [6.45, 7) is 1.85. The van der Waals surface area contributed by atoms with Gasteiger partial charge in [0.15, 0.2) is 0 Å². The maximum atomic E-state index is 10.7. The average molecular weight is 261 g/mol. The molecule has 0 aromatic heterocycles. The SMILES string of the molecule is CC[C@@H](N)c1ccc(C(=O)O)c([N+](=O)[O-])c1.Cl. The molecular formula is C10H13ClN2O4. The first-order valence-corrected chi connectivity index (χ1v) is 4.74. The number of carboxylic acid groups (broad SMARTS) is 1. The number of carbonyl (C=O) groups is 1. The van der Waals surface area contributed by atoms with Crippen molar-refractivity contribution in [2.75, 3.05) is 0 Å². The normalized spacial score (nSPS) is 11.4. The van der Waals surface area contributed by atoms with Crippen LogP contribution < -0.4 is 5.73 Å². The predicted molar refractivity (Wildman–Crippen MR) is 64.5 cm³/mol. The summed E-state index contributed by atoms with van der Waals surface area (Å²) >= 11 is 0. The molecule has 0 spiro atoms. The Morgan fingerprint density at radius 2 is 2.18 bits per heavy atom. The molecule has 0 amide bonds. The zero-order chi connectivity index (χ0) is 12.3. The van der Waals surface area contributed by atoms with Gasteiger partial charge in [0.05, 0.1) is 4.92 Å². The van der Waals surface area contributed by atoms with E-state index in [1.165, 1.54) is 18.2 Å². The number of hydrogen-bond acceptors (Lipinski definition) is 4. The Labute approximate surface area is 104 Å². The minimum atomic E-state index is -1.32. The lowest BCUT2D eigenvalue weighted by Crippen LogP contribution is -2.10. The van der Waals surface area contributed by atoms with Crippen LogP contribution in [0.2, 0.25) is 0 Å². The van der Waals surface area contributed by atoms with Crippen molar-refractivity contribution < 1.29 is 14.8 Å². The van der Waals surface area contributed by atoms with Gasteiger partial charge >= 0.3 is 5.97 Å². The largest absolute Gasteiger partial charge is 0.477 e. The maximum absolute atomic E-state index is 10.7. The molecular weight excluding hydrogens is 248 g/mol. The van der Waals surface area contributed by atoms with Crippen molar-refractivity contribution in [1.82, 2.24) is 0 Å². The number of nitro groups is 1. The molecule has 0 unspecified atom stereocenters. The lowest BCUT2D eigenvalue weighted by molar-refractivity contribution is -0.385. The highest BCUT2D eigenvalue weighted by Gasteiger charge is 2.21. The molecule has 1 rings (SSSR count). The maximum Gasteiger partial charge on any atom is 0.342 e. The topological polar surface area (TPSA) is 106 Å². The van der Waals surface area contributed by atoms with Crippen molar-refractivity contribution in [2.24, 2.45) is 5.73 Å². The lowest BCUT2D eigenvalue weighted by Gasteiger charge is -2.09. The van der Waals surface area contributed by atoms with Gasteiger partial charge in [-0.2, -0.15) is 0 Å². The van der Waals surface area contributed by atoms with Crippen molar-refractivity contribution in [3.63, 3.8) is 0 Å². The summed E-state index contributed by atoms with van der Waals surface area (Å²) in [6, 6.07) is 3.62. The van der Waals surface area contributed by atoms with Gasteiger partial charge < -0.3 is 10.8 Å². The molecule has 0 heterocycles. The van der Waals surface area contributed by atoms with Crippen LogP contribution in [0.4, 0.5) is 5.69 Å². The van der Waals surface area contributed by atoms with Gasteiger partial charge in [0.1, 0.15) is 5.56 Å². The summed E-state index contributed by atoms with van der Waals surface area (Å²) < 4.78 is 0. The Hall–Kier alpha value is -1.66. The monoisotopic (exact) mass is 260 g/mol. The van der Waals surface area contributed by atoms with E-state index >= 15 is 0 Å². The van der Waals surface area contributed by atoms with Crippen molar-refractivity contribution in [2.45, 2.75) is 19.4 Å². The van der Waals surface area contributed by atoms with Crippen molar-refractivity contribution >= 4 is 24.1 Å². The zero-order valence-electron chi connectivity index (χ0n) is 9.12. The zero-order valence-corrected chi connectivity index (χ0v) is 9.94. The van der Waals surface area contributed by atoms with Crippen LogP contribution in [-0.2, 0) is 0 Å². The second-order valence-corrected chi connectivity index (χ2v) is 3.35. The highest BCUT2D eigenvalue weighted by Crippen LogP contribution is 2.24. The molecule has 1 atom stereocenters. The van der Waals surface area contributed by atoms with E-state index in [9.17, 15) is 14.9 Å². The fourth-order valence-corrected chi connectivity index (χ4v) is 1.35. The molecule has 0 bridgehead atoms. The Kier molecular flexibility index (Phi) is 5.57. The first-order valence-electron chi connectivity index (χ1n) is 4.74. The molecule has 0 radical (unpaired) electrons. The van der Waals surface area contributed by atoms with Gasteiger partial charge in [0, 0.05) is 12.1 Å². The Morgan fingerprint density at radius 3 is 2.59 bits per heavy atom. The molecule has 0 aliphatic heterocycles. The van der Waals surface area contributed by atoms with E-state index in [1.54, 1.807) is 0 Å². The second kappa shape index (κ2) is 6.17. The van der Waals surface area contributed by atoms with Crippen LogP contribution in [0.25, 0.3) is 0 Å². The number of carboxylic acids is 1. The highest BCUT2D eigenvalue weighted by molar-refractivity contribution is 5.92. The third-order valence-electron chi connectivity index (χ3n) is 2.32. The van der Waals surface area contributed by atoms with E-state index in [1.807, 2.05) is 6.92 Å². The van der Waals surface area contributed by atoms with Gasteiger partial charge in [-0.15, -0.1) is 12.4 Å². The third-order valence-corrected chi connectivity index (χ3v) is 2.32. The van der Waals surface area contributed by atoms with Crippen LogP contribution in [0.15, 0.2) is 18.2 Å². The quantitative estimate of drug-likeness (QED) is 0.637. The van der Waals surface area contributed by atoms with E-state index in [4.69, 9.17) is 10.8 Å². The standard InChI is InChI=1S/C10H12N2O4.ClH/c1-2-8(11)6-3-4-7(10(13)14)9(5-6)12(15)16;/h3-5,8H,2,11H2,1H3,(H,13,14);1H/t8-;/m1./s1. The first kappa shape index (κ1) is 15.3. The summed E-state index contributed by atoms with van der Waals surface area (Å²) in [4.78, 5) is 20.7. The summed E-state index contributed by atoms with van der Waals surface area (Å²) in [5.41, 5.74) is 5.54. The fourth-order valence-electron chi connectivity index (χ4n) is 1.35. The number of nitrogens with zero attached hydrogens (tertiary/aromatic N) is 1. The average Bonchev–Trinajstić information content (AvgIpc) is 2.26. The summed E-state index contributed by atoms with van der Waals surface area (Å²) in [5, 5.41) is 19.5. The van der Waals surface area contributed by atoms with Gasteiger partial charge in [-0.25, -0.2) is 4.79 Å². The van der Waals surface area contributed by atoms with Crippen molar-refractivity contribution in [3.05, 3.63) is 39.4 Å². The van der Waals surface area contributed by atoms with Gasteiger partial charge in [-0.1, -0.05) is 13.0 Å². The highest BCUT2D eigenvalue weighted by atomic mass is 35.5. The van der Waals surface area contributed by atoms with Crippen LogP contribution in [0, 0.1) is 10.1 Å². The van der Waals surface area contributed by atoms with Gasteiger partial charge in [0.2, 0.25) is 0 Å². The van der Waals surface area contributed by atoms with Crippen molar-refractivity contribution in [1.29, 1.82) is 0 Å². The van der Waals surface area contributed by atoms with E-state index in [0.717, 1.165) is 0 Å². The van der Waals surface area contributed by atoms with Crippen LogP contribution in [-0.4, -0.2) is 16.0 Å². The molecule has 6 nitrogen and oxygen atoms in total. The number of halogens is 1. The van der Waals surface area contributed by atoms with Crippen LogP contribution in [0.3, 0.4) is 0 Å². The molecule has 0 saturated carbocycles. The summed E-state index contributed by atoms with van der Waals surface area (Å²) in [6.07, 6.45) is 0.629. The molecule has 0 aliphatic rings. The van der Waals surface area contributed by atoms with Gasteiger partial charge in [-0.05, 0) is 18.1 Å². The molecule has 7 heteroatoms. The molecule has 17 heavy (non-hydrogen) atoms. The lowest BCUT2D eigenvalue weighted by atomic mass is 10.0. The summed E-state index contributed by atoms with van der Waals surface area (Å²) in [7, 11) is 0. The third kappa shape index (κ3) is 3.40. The Balaban J connectivity index is 0.00000256. The fraction of sp³-hybridized carbons (Fsp3) is 0.300. The van der Waals surface area contributed by atoms with Crippen LogP contribution in [0.1, 0.15) is 35.3 Å². The molecule has 94 valence electrons. The molecule has 0 saturated heterocycles. The van der Waals surface area contributed by atoms with E-state index < -0.39 is 16.6 Å². The molecule has 1 aromatic carbocycles. The molecule has 0 aliphatic carbocycles. The smallest absolute Gasteiger partial charge is 0.342 e. The first-order chi connectivity index (χ1) is 7.47.